The number of imide groups is 1. The van der Waals surface area contributed by atoms with E-state index >= 15 is 0 Å². The van der Waals surface area contributed by atoms with Crippen molar-refractivity contribution in [3.05, 3.63) is 34.5 Å². The van der Waals surface area contributed by atoms with Gasteiger partial charge in [0.15, 0.2) is 0 Å². The molecule has 0 aromatic heterocycles. The topological polar surface area (TPSA) is 84.2 Å². The van der Waals surface area contributed by atoms with Gasteiger partial charge >= 0.3 is 6.03 Å². The van der Waals surface area contributed by atoms with E-state index in [1.54, 1.807) is 18.2 Å². The van der Waals surface area contributed by atoms with Crippen LogP contribution in [0.4, 0.5) is 10.5 Å². The second-order valence-electron chi connectivity index (χ2n) is 3.25. The number of rotatable bonds is 1. The average molecular weight is 238 g/mol. The van der Waals surface area contributed by atoms with E-state index in [2.05, 4.69) is 10.6 Å². The zero-order chi connectivity index (χ0) is 11.7. The molecule has 2 rings (SSSR count). The van der Waals surface area contributed by atoms with Gasteiger partial charge in [0.1, 0.15) is 5.70 Å². The molecule has 1 saturated heterocycles. The number of nitrogens with two attached hydrogens (primary N) is 1. The highest BCUT2D eigenvalue weighted by Crippen LogP contribution is 2.21. The van der Waals surface area contributed by atoms with Crippen molar-refractivity contribution in [2.24, 2.45) is 0 Å². The highest BCUT2D eigenvalue weighted by Gasteiger charge is 2.22. The molecule has 0 bridgehead atoms. The summed E-state index contributed by atoms with van der Waals surface area (Å²) in [7, 11) is 0. The van der Waals surface area contributed by atoms with Crippen LogP contribution in [0.3, 0.4) is 0 Å². The Balaban J connectivity index is 2.36. The minimum absolute atomic E-state index is 0.164. The van der Waals surface area contributed by atoms with Gasteiger partial charge in [0.25, 0.3) is 5.91 Å². The molecule has 0 saturated carbocycles. The average Bonchev–Trinajstić information content (AvgIpc) is 2.50. The third kappa shape index (κ3) is 1.99. The van der Waals surface area contributed by atoms with Crippen LogP contribution in [-0.4, -0.2) is 11.9 Å². The molecule has 1 aromatic carbocycles. The van der Waals surface area contributed by atoms with Crippen molar-refractivity contribution in [3.8, 4) is 0 Å². The Morgan fingerprint density at radius 2 is 2.00 bits per heavy atom. The van der Waals surface area contributed by atoms with Crippen molar-refractivity contribution >= 4 is 35.3 Å². The summed E-state index contributed by atoms with van der Waals surface area (Å²) in [6.45, 7) is 0. The maximum atomic E-state index is 11.2. The Morgan fingerprint density at radius 1 is 1.25 bits per heavy atom. The number of carbonyl (C=O) groups is 2. The summed E-state index contributed by atoms with van der Waals surface area (Å²) in [4.78, 5) is 22.1. The fraction of sp³-hybridized carbons (Fsp3) is 0. The van der Waals surface area contributed by atoms with Crippen molar-refractivity contribution in [1.29, 1.82) is 0 Å². The molecule has 4 N–H and O–H groups in total. The van der Waals surface area contributed by atoms with E-state index in [1.807, 2.05) is 0 Å². The predicted octanol–water partition coefficient (Wildman–Crippen LogP) is 1.10. The Bertz CT molecular complexity index is 511. The number of carbonyl (C=O) groups excluding carboxylic acids is 2. The molecule has 0 spiro atoms. The zero-order valence-corrected chi connectivity index (χ0v) is 8.84. The third-order valence-corrected chi connectivity index (χ3v) is 2.37. The molecule has 82 valence electrons. The fourth-order valence-corrected chi connectivity index (χ4v) is 1.54. The Kier molecular flexibility index (Phi) is 2.54. The minimum Gasteiger partial charge on any atom is -0.399 e. The molecular weight excluding hydrogens is 230 g/mol. The van der Waals surface area contributed by atoms with E-state index in [-0.39, 0.29) is 5.70 Å². The largest absolute Gasteiger partial charge is 0.399 e. The maximum absolute atomic E-state index is 11.2. The van der Waals surface area contributed by atoms with Crippen LogP contribution < -0.4 is 16.4 Å². The Morgan fingerprint density at radius 3 is 2.56 bits per heavy atom. The molecule has 1 aliphatic heterocycles. The number of nitrogen functional groups attached to an aromatic ring is 1. The molecule has 0 atom stereocenters. The van der Waals surface area contributed by atoms with Crippen LogP contribution in [0.15, 0.2) is 23.9 Å². The second kappa shape index (κ2) is 3.86. The van der Waals surface area contributed by atoms with E-state index < -0.39 is 11.9 Å². The summed E-state index contributed by atoms with van der Waals surface area (Å²) in [5.74, 6) is -0.474. The molecule has 1 aliphatic rings. The van der Waals surface area contributed by atoms with Gasteiger partial charge in [0, 0.05) is 10.7 Å². The molecule has 5 nitrogen and oxygen atoms in total. The van der Waals surface area contributed by atoms with Crippen LogP contribution in [0.25, 0.3) is 6.08 Å². The first-order valence-electron chi connectivity index (χ1n) is 4.45. The molecular formula is C10H8ClN3O2. The van der Waals surface area contributed by atoms with E-state index in [9.17, 15) is 9.59 Å². The monoisotopic (exact) mass is 237 g/mol. The maximum Gasteiger partial charge on any atom is 0.326 e. The third-order valence-electron chi connectivity index (χ3n) is 2.04. The summed E-state index contributed by atoms with van der Waals surface area (Å²) >= 11 is 5.92. The Labute approximate surface area is 96.3 Å². The van der Waals surface area contributed by atoms with Gasteiger partial charge in [-0.25, -0.2) is 4.79 Å². The van der Waals surface area contributed by atoms with Crippen LogP contribution in [0.2, 0.25) is 5.02 Å². The van der Waals surface area contributed by atoms with Crippen molar-refractivity contribution in [1.82, 2.24) is 10.6 Å². The lowest BCUT2D eigenvalue weighted by Crippen LogP contribution is -2.22. The molecule has 1 aromatic rings. The number of amides is 3. The summed E-state index contributed by atoms with van der Waals surface area (Å²) in [6, 6.07) is 4.36. The number of urea groups is 1. The van der Waals surface area contributed by atoms with Gasteiger partial charge in [-0.15, -0.1) is 0 Å². The normalized spacial score (nSPS) is 17.4. The first kappa shape index (κ1) is 10.5. The molecule has 16 heavy (non-hydrogen) atoms. The number of anilines is 1. The van der Waals surface area contributed by atoms with Gasteiger partial charge in [0.05, 0.1) is 0 Å². The number of benzene rings is 1. The molecule has 1 fully saturated rings. The van der Waals surface area contributed by atoms with Gasteiger partial charge in [-0.1, -0.05) is 17.7 Å². The van der Waals surface area contributed by atoms with Crippen molar-refractivity contribution in [2.75, 3.05) is 5.73 Å². The van der Waals surface area contributed by atoms with Gasteiger partial charge in [-0.3, -0.25) is 10.1 Å². The van der Waals surface area contributed by atoms with E-state index in [4.69, 9.17) is 17.3 Å². The standard InChI is InChI=1S/C10H8ClN3O2/c11-7-4-6(12)2-1-5(7)3-8-9(15)14-10(16)13-8/h1-4H,12H2,(H2,13,14,15,16)/b8-3-. The summed E-state index contributed by atoms with van der Waals surface area (Å²) in [6.07, 6.45) is 1.49. The van der Waals surface area contributed by atoms with Crippen molar-refractivity contribution in [2.45, 2.75) is 0 Å². The van der Waals surface area contributed by atoms with Gasteiger partial charge in [-0.2, -0.15) is 0 Å². The van der Waals surface area contributed by atoms with Crippen LogP contribution in [0, 0.1) is 0 Å². The van der Waals surface area contributed by atoms with Crippen LogP contribution in [-0.2, 0) is 4.79 Å². The number of hydrogen-bond donors (Lipinski definition) is 3. The Hall–Kier alpha value is -2.01. The van der Waals surface area contributed by atoms with Crippen LogP contribution in [0.1, 0.15) is 5.56 Å². The second-order valence-corrected chi connectivity index (χ2v) is 3.65. The lowest BCUT2D eigenvalue weighted by Gasteiger charge is -2.00. The molecule has 1 heterocycles. The number of hydrogen-bond acceptors (Lipinski definition) is 3. The van der Waals surface area contributed by atoms with Crippen molar-refractivity contribution in [3.63, 3.8) is 0 Å². The lowest BCUT2D eigenvalue weighted by atomic mass is 10.1. The van der Waals surface area contributed by atoms with E-state index in [0.29, 0.717) is 16.3 Å². The van der Waals surface area contributed by atoms with Crippen LogP contribution in [0.5, 0.6) is 0 Å². The summed E-state index contributed by atoms with van der Waals surface area (Å²) in [5, 5.41) is 4.88. The van der Waals surface area contributed by atoms with Crippen molar-refractivity contribution < 1.29 is 9.59 Å². The predicted molar refractivity (Wildman–Crippen MR) is 60.5 cm³/mol. The SMILES string of the molecule is Nc1ccc(/C=C2\NC(=O)NC2=O)c(Cl)c1. The quantitative estimate of drug-likeness (QED) is 0.389. The zero-order valence-electron chi connectivity index (χ0n) is 8.08. The van der Waals surface area contributed by atoms with Gasteiger partial charge in [0.2, 0.25) is 0 Å². The smallest absolute Gasteiger partial charge is 0.326 e. The minimum atomic E-state index is -0.539. The molecule has 0 radical (unpaired) electrons. The number of halogens is 1. The lowest BCUT2D eigenvalue weighted by molar-refractivity contribution is -0.115. The summed E-state index contributed by atoms with van der Waals surface area (Å²) < 4.78 is 0. The molecule has 0 aliphatic carbocycles. The first-order valence-corrected chi connectivity index (χ1v) is 4.83. The van der Waals surface area contributed by atoms with Crippen LogP contribution >= 0.6 is 11.6 Å². The fourth-order valence-electron chi connectivity index (χ4n) is 1.30. The highest BCUT2D eigenvalue weighted by molar-refractivity contribution is 6.32. The summed E-state index contributed by atoms with van der Waals surface area (Å²) in [5.41, 5.74) is 6.84. The molecule has 3 amide bonds. The first-order chi connectivity index (χ1) is 7.56. The van der Waals surface area contributed by atoms with Gasteiger partial charge in [-0.05, 0) is 23.8 Å². The molecule has 0 unspecified atom stereocenters. The highest BCUT2D eigenvalue weighted by atomic mass is 35.5. The molecule has 6 heteroatoms. The van der Waals surface area contributed by atoms with E-state index in [1.165, 1.54) is 6.08 Å². The van der Waals surface area contributed by atoms with E-state index in [0.717, 1.165) is 0 Å². The number of nitrogens with one attached hydrogen (secondary N) is 2. The van der Waals surface area contributed by atoms with Gasteiger partial charge < -0.3 is 11.1 Å².